The van der Waals surface area contributed by atoms with Crippen LogP contribution in [0.5, 0.6) is 28.7 Å². The van der Waals surface area contributed by atoms with Crippen molar-refractivity contribution in [3.8, 4) is 34.8 Å². The minimum Gasteiger partial charge on any atom is -0.506 e. The van der Waals surface area contributed by atoms with Crippen molar-refractivity contribution in [1.82, 2.24) is 49.9 Å². The van der Waals surface area contributed by atoms with Crippen molar-refractivity contribution in [2.75, 3.05) is 32.3 Å². The molecule has 0 spiro atoms. The van der Waals surface area contributed by atoms with E-state index in [9.17, 15) is 53.2 Å². The Morgan fingerprint density at radius 3 is 1.95 bits per heavy atom. The molecule has 578 valence electrons. The number of thioether (sulfide) groups is 1. The molecule has 1 aliphatic heterocycles. The van der Waals surface area contributed by atoms with E-state index in [1.165, 1.54) is 104 Å². The first-order valence-electron chi connectivity index (χ1n) is 31.3. The first-order valence-corrected chi connectivity index (χ1v) is 36.6. The number of phenols is 5. The van der Waals surface area contributed by atoms with Gasteiger partial charge in [0.2, 0.25) is 29.5 Å². The summed E-state index contributed by atoms with van der Waals surface area (Å²) in [5, 5.41) is 132. The highest BCUT2D eigenvalue weighted by molar-refractivity contribution is 8.01. The van der Waals surface area contributed by atoms with Crippen LogP contribution in [0.1, 0.15) is 85.6 Å². The van der Waals surface area contributed by atoms with Gasteiger partial charge >= 0.3 is 0 Å². The van der Waals surface area contributed by atoms with Crippen LogP contribution in [0.25, 0.3) is 0 Å². The lowest BCUT2D eigenvalue weighted by Crippen LogP contribution is -2.32. The summed E-state index contributed by atoms with van der Waals surface area (Å²) in [6.07, 6.45) is 2.69. The monoisotopic (exact) mass is 1690 g/mol. The van der Waals surface area contributed by atoms with Gasteiger partial charge < -0.3 is 52.1 Å². The van der Waals surface area contributed by atoms with Crippen molar-refractivity contribution in [1.29, 1.82) is 5.26 Å². The minimum atomic E-state index is -1.13. The number of rotatable bonds is 18. The molecule has 11 rings (SSSR count). The standard InChI is InChI=1S/C15H17N7O3.C14H13Cl2N5O2.C12H11Cl3N4OS2.C12H12N6O3S.C11H6F2N4OS/c1-7(23)18-9-4-8(20-22-14-16-6-17-21-14)12-11(13(9)25)15(2,3)5-10(24)19-12;1-7(2)14(23)19-9-5-8(3-4-10(9)22)20-21-13-11(15)12(16)17-6-18-13;1-5(2)4-21-12-19-18-11(22-12)17-16-7-3-6(13)10(20)9(15)8(7)14;1-6(19)14-8-4-11(21)10(15-7(2)20)3-9(8)16-18-12-17-13-5-22-12;1-5-7(4-14)11(19-17-5)16-15-6-2-8(12)10(18)9(13)3-6/h4,6,25H,5H2,1-3H3,(H,18,23)(H,19,24)(H,16,17,21);3-7,22H,1-2H3,(H,19,23);3,5,20H,4H2,1-2H3;3-5,21H,1-2H3,(H,14,19)(H,15,20);2-3,18H,1H3. The number of benzene rings is 5. The first kappa shape index (κ1) is 86.8. The van der Waals surface area contributed by atoms with Crippen LogP contribution in [-0.2, 0) is 29.4 Å². The van der Waals surface area contributed by atoms with Gasteiger partial charge in [-0.1, -0.05) is 134 Å². The molecular weight excluding hydrogens is 1640 g/mol. The highest BCUT2D eigenvalue weighted by Gasteiger charge is 2.38. The van der Waals surface area contributed by atoms with Crippen molar-refractivity contribution in [2.45, 2.75) is 85.4 Å². The SMILES string of the molecule is CC(=O)Nc1cc(N=Nc2ncn[nH]2)c2c(c1O)C(C)(C)CC(=O)N2.CC(=O)Nc1cc(N=Nc2nncs2)c(NC(C)=O)cc1O.CC(C)C(=O)Nc1cc(N=Nc2ncnc(Cl)c2Cl)ccc1O.CC(C)CSc1nnc(N=Nc2cc(Cl)c(O)c(Cl)c2Cl)s1.Cc1nsc(N=Nc2cc(F)c(O)c(F)c2)c1C#N. The number of carbonyl (C=O) groups is 5. The Kier molecular flexibility index (Phi) is 31.5. The van der Waals surface area contributed by atoms with Crippen LogP contribution >= 0.6 is 104 Å². The van der Waals surface area contributed by atoms with E-state index in [1.807, 2.05) is 19.9 Å². The van der Waals surface area contributed by atoms with Crippen LogP contribution in [0.2, 0.25) is 25.2 Å². The Balaban J connectivity index is 0.000000193. The number of carbonyl (C=O) groups excluding carboxylic acids is 5. The van der Waals surface area contributed by atoms with Crippen molar-refractivity contribution in [3.05, 3.63) is 126 Å². The van der Waals surface area contributed by atoms with Crippen LogP contribution in [-0.4, -0.2) is 111 Å². The number of hydrogen-bond donors (Lipinski definition) is 11. The Labute approximate surface area is 668 Å². The van der Waals surface area contributed by atoms with Crippen molar-refractivity contribution < 1.29 is 58.3 Å². The molecule has 1 aliphatic rings. The number of azo groups is 5. The lowest BCUT2D eigenvalue weighted by atomic mass is 9.76. The maximum atomic E-state index is 13.1. The lowest BCUT2D eigenvalue weighted by molar-refractivity contribution is -0.119. The van der Waals surface area contributed by atoms with E-state index in [4.69, 9.17) is 68.4 Å². The molecular formula is C64H59Cl5F2N26O10S4. The highest BCUT2D eigenvalue weighted by Crippen LogP contribution is 2.51. The predicted molar refractivity (Wildman–Crippen MR) is 414 cm³/mol. The number of amides is 5. The molecule has 5 aromatic carbocycles. The minimum absolute atomic E-state index is 0.0498. The normalized spacial score (nSPS) is 12.1. The maximum absolute atomic E-state index is 13.1. The largest absolute Gasteiger partial charge is 0.506 e. The van der Waals surface area contributed by atoms with Gasteiger partial charge in [-0.3, -0.25) is 24.0 Å². The van der Waals surface area contributed by atoms with Gasteiger partial charge in [0, 0.05) is 68.0 Å². The van der Waals surface area contributed by atoms with Gasteiger partial charge in [0.05, 0.1) is 55.6 Å². The summed E-state index contributed by atoms with van der Waals surface area (Å²) in [6, 6.07) is 13.5. The summed E-state index contributed by atoms with van der Waals surface area (Å²) in [5.74, 6) is -3.81. The molecule has 0 saturated heterocycles. The van der Waals surface area contributed by atoms with Gasteiger partial charge in [0.15, 0.2) is 43.4 Å². The zero-order valence-electron chi connectivity index (χ0n) is 59.0. The smallest absolute Gasteiger partial charge is 0.264 e. The van der Waals surface area contributed by atoms with Gasteiger partial charge in [0.25, 0.3) is 16.2 Å². The fourth-order valence-electron chi connectivity index (χ4n) is 8.40. The summed E-state index contributed by atoms with van der Waals surface area (Å²) in [7, 11) is 0. The van der Waals surface area contributed by atoms with Crippen molar-refractivity contribution in [2.24, 2.45) is 63.0 Å². The topological polar surface area (TPSA) is 526 Å². The van der Waals surface area contributed by atoms with E-state index < -0.39 is 22.8 Å². The fourth-order valence-corrected chi connectivity index (χ4v) is 12.0. The average Bonchev–Trinajstić information content (AvgIpc) is 1.40. The number of hydrogen-bond acceptors (Lipinski definition) is 34. The van der Waals surface area contributed by atoms with Gasteiger partial charge in [0.1, 0.15) is 74.2 Å². The number of aromatic nitrogens is 10. The molecule has 11 N–H and O–H groups in total. The summed E-state index contributed by atoms with van der Waals surface area (Å²) < 4.78 is 30.9. The van der Waals surface area contributed by atoms with E-state index in [2.05, 4.69) is 141 Å². The maximum Gasteiger partial charge on any atom is 0.264 e. The number of aromatic amines is 1. The van der Waals surface area contributed by atoms with Gasteiger partial charge in [-0.05, 0) is 60.8 Å². The number of fused-ring (bicyclic) bond motifs is 1. The summed E-state index contributed by atoms with van der Waals surface area (Å²) in [6.45, 7) is 17.0. The third-order valence-electron chi connectivity index (χ3n) is 13.4. The Bertz CT molecular complexity index is 5260. The van der Waals surface area contributed by atoms with Crippen LogP contribution in [0.15, 0.2) is 128 Å². The molecule has 0 radical (unpaired) electrons. The van der Waals surface area contributed by atoms with E-state index in [1.54, 1.807) is 32.5 Å². The summed E-state index contributed by atoms with van der Waals surface area (Å²) in [5.41, 5.74) is 4.43. The Morgan fingerprint density at radius 2 is 1.31 bits per heavy atom. The average molecular weight is 1700 g/mol. The Hall–Kier alpha value is -11.4. The third-order valence-corrected chi connectivity index (χ3v) is 19.0. The predicted octanol–water partition coefficient (Wildman–Crippen LogP) is 19.7. The van der Waals surface area contributed by atoms with Gasteiger partial charge in [-0.25, -0.2) is 23.8 Å². The molecule has 5 amide bonds. The van der Waals surface area contributed by atoms with E-state index in [0.29, 0.717) is 38.8 Å². The molecule has 47 heteroatoms. The van der Waals surface area contributed by atoms with Crippen molar-refractivity contribution >= 4 is 217 Å². The van der Waals surface area contributed by atoms with E-state index in [-0.39, 0.29) is 158 Å². The molecule has 0 saturated carbocycles. The molecule has 0 aliphatic carbocycles. The Morgan fingerprint density at radius 1 is 0.667 bits per heavy atom. The van der Waals surface area contributed by atoms with Crippen LogP contribution < -0.4 is 26.6 Å². The second-order valence-electron chi connectivity index (χ2n) is 23.5. The number of H-pyrrole nitrogens is 1. The zero-order chi connectivity index (χ0) is 81.6. The number of halogens is 7. The second kappa shape index (κ2) is 40.3. The molecule has 111 heavy (non-hydrogen) atoms. The zero-order valence-corrected chi connectivity index (χ0v) is 66.0. The highest BCUT2D eigenvalue weighted by atomic mass is 35.5. The molecule has 0 bridgehead atoms. The number of nitriles is 1. The number of aryl methyl sites for hydroxylation is 1. The molecule has 5 aromatic heterocycles. The summed E-state index contributed by atoms with van der Waals surface area (Å²) >= 11 is 34.4. The van der Waals surface area contributed by atoms with Crippen molar-refractivity contribution in [3.63, 3.8) is 0 Å². The van der Waals surface area contributed by atoms with E-state index >= 15 is 0 Å². The summed E-state index contributed by atoms with van der Waals surface area (Å²) in [4.78, 5) is 68.9. The van der Waals surface area contributed by atoms with Gasteiger partial charge in [-0.15, -0.1) is 71.5 Å². The third kappa shape index (κ3) is 25.3. The molecule has 0 fully saturated rings. The molecule has 0 unspecified atom stereocenters. The lowest BCUT2D eigenvalue weighted by Gasteiger charge is -2.33. The quantitative estimate of drug-likeness (QED) is 0.0125. The van der Waals surface area contributed by atoms with Gasteiger partial charge in [-0.2, -0.15) is 19.7 Å². The van der Waals surface area contributed by atoms with E-state index in [0.717, 1.165) is 33.8 Å². The number of phenolic OH excluding ortho intramolecular Hbond substituents is 5. The second-order valence-corrected chi connectivity index (χ2v) is 29.2. The van der Waals surface area contributed by atoms with Crippen LogP contribution in [0.4, 0.5) is 92.7 Å². The molecule has 6 heterocycles. The van der Waals surface area contributed by atoms with Crippen LogP contribution in [0, 0.1) is 41.7 Å². The molecule has 10 aromatic rings. The molecule has 0 atom stereocenters. The number of nitrogens with zero attached hydrogens (tertiary/aromatic N) is 20. The number of anilines is 5. The van der Waals surface area contributed by atoms with Crippen LogP contribution in [0.3, 0.4) is 0 Å². The molecule has 36 nitrogen and oxygen atoms in total. The fraction of sp³-hybridized carbons (Fsp3) is 0.234. The number of aromatic hydroxyl groups is 5. The first-order chi connectivity index (χ1) is 52.5. The number of nitrogens with one attached hydrogen (secondary N) is 6.